The number of nitrogens with one attached hydrogen (secondary N) is 2. The van der Waals surface area contributed by atoms with E-state index in [0.29, 0.717) is 12.6 Å². The number of pyridine rings is 1. The fourth-order valence-electron chi connectivity index (χ4n) is 3.61. The Bertz CT molecular complexity index is 839. The van der Waals surface area contributed by atoms with Gasteiger partial charge in [0.25, 0.3) is 0 Å². The van der Waals surface area contributed by atoms with Gasteiger partial charge in [-0.05, 0) is 70.0 Å². The molecule has 1 atom stereocenters. The van der Waals surface area contributed by atoms with Crippen molar-refractivity contribution in [2.24, 2.45) is 4.99 Å². The van der Waals surface area contributed by atoms with E-state index in [4.69, 9.17) is 14.5 Å². The molecule has 3 rings (SSSR count). The van der Waals surface area contributed by atoms with Crippen molar-refractivity contribution in [2.45, 2.75) is 45.8 Å². The third kappa shape index (κ3) is 8.03. The predicted molar refractivity (Wildman–Crippen MR) is 142 cm³/mol. The summed E-state index contributed by atoms with van der Waals surface area (Å²) in [7, 11) is 1.66. The first-order valence-electron chi connectivity index (χ1n) is 11.1. The first kappa shape index (κ1) is 26.0. The molecule has 0 bridgehead atoms. The van der Waals surface area contributed by atoms with E-state index < -0.39 is 0 Å². The summed E-state index contributed by atoms with van der Waals surface area (Å²) in [6.45, 7) is 9.54. The van der Waals surface area contributed by atoms with Crippen LogP contribution in [-0.4, -0.2) is 56.4 Å². The number of aromatic nitrogens is 1. The van der Waals surface area contributed by atoms with Crippen molar-refractivity contribution in [3.63, 3.8) is 0 Å². The number of anilines is 1. The molecule has 0 radical (unpaired) electrons. The van der Waals surface area contributed by atoms with Gasteiger partial charge in [-0.2, -0.15) is 0 Å². The van der Waals surface area contributed by atoms with Crippen LogP contribution in [0.1, 0.15) is 32.4 Å². The van der Waals surface area contributed by atoms with Crippen molar-refractivity contribution in [1.29, 1.82) is 0 Å². The van der Waals surface area contributed by atoms with Crippen LogP contribution in [0, 0.1) is 6.92 Å². The van der Waals surface area contributed by atoms with Gasteiger partial charge in [-0.25, -0.2) is 9.98 Å². The summed E-state index contributed by atoms with van der Waals surface area (Å²) in [6, 6.07) is 14.2. The maximum atomic E-state index is 5.97. The van der Waals surface area contributed by atoms with Gasteiger partial charge in [0, 0.05) is 31.4 Å². The molecule has 1 saturated heterocycles. The Morgan fingerprint density at radius 2 is 1.84 bits per heavy atom. The molecular formula is C24H36IN5O2. The van der Waals surface area contributed by atoms with Gasteiger partial charge in [0.2, 0.25) is 0 Å². The van der Waals surface area contributed by atoms with Crippen LogP contribution in [-0.2, 0) is 0 Å². The molecule has 1 fully saturated rings. The lowest BCUT2D eigenvalue weighted by atomic mass is 10.1. The highest BCUT2D eigenvalue weighted by molar-refractivity contribution is 14.0. The number of nitrogens with zero attached hydrogens (tertiary/aromatic N) is 3. The monoisotopic (exact) mass is 553 g/mol. The highest BCUT2D eigenvalue weighted by Gasteiger charge is 2.21. The summed E-state index contributed by atoms with van der Waals surface area (Å²) in [5.74, 6) is 3.56. The van der Waals surface area contributed by atoms with Gasteiger partial charge < -0.3 is 25.0 Å². The van der Waals surface area contributed by atoms with Crippen LogP contribution in [0.3, 0.4) is 0 Å². The summed E-state index contributed by atoms with van der Waals surface area (Å²) in [6.07, 6.45) is 2.08. The van der Waals surface area contributed by atoms with Gasteiger partial charge in [-0.3, -0.25) is 0 Å². The summed E-state index contributed by atoms with van der Waals surface area (Å²) >= 11 is 0. The highest BCUT2D eigenvalue weighted by atomic mass is 127. The van der Waals surface area contributed by atoms with E-state index in [0.717, 1.165) is 61.4 Å². The van der Waals surface area contributed by atoms with Gasteiger partial charge in [-0.1, -0.05) is 6.07 Å². The molecule has 0 saturated carbocycles. The van der Waals surface area contributed by atoms with Crippen molar-refractivity contribution in [3.05, 3.63) is 48.2 Å². The van der Waals surface area contributed by atoms with Gasteiger partial charge in [0.1, 0.15) is 23.4 Å². The number of aliphatic imine (C=N–C) groups is 1. The second-order valence-electron chi connectivity index (χ2n) is 7.87. The van der Waals surface area contributed by atoms with Crippen molar-refractivity contribution < 1.29 is 9.47 Å². The number of rotatable bonds is 8. The van der Waals surface area contributed by atoms with Crippen LogP contribution in [0.25, 0.3) is 0 Å². The Hall–Kier alpha value is -2.23. The average molecular weight is 553 g/mol. The molecule has 0 amide bonds. The molecule has 2 aromatic rings. The van der Waals surface area contributed by atoms with Crippen LogP contribution in [0.4, 0.5) is 5.82 Å². The minimum atomic E-state index is -0.0295. The van der Waals surface area contributed by atoms with Crippen LogP contribution in [0.15, 0.2) is 47.5 Å². The Morgan fingerprint density at radius 1 is 1.16 bits per heavy atom. The van der Waals surface area contributed by atoms with Gasteiger partial charge in [0.15, 0.2) is 5.96 Å². The zero-order chi connectivity index (χ0) is 22.1. The predicted octanol–water partition coefficient (Wildman–Crippen LogP) is 4.01. The highest BCUT2D eigenvalue weighted by Crippen LogP contribution is 2.19. The summed E-state index contributed by atoms with van der Waals surface area (Å²) < 4.78 is 11.2. The molecule has 176 valence electrons. The van der Waals surface area contributed by atoms with Crippen LogP contribution >= 0.6 is 24.0 Å². The van der Waals surface area contributed by atoms with Crippen molar-refractivity contribution in [2.75, 3.05) is 38.2 Å². The fraction of sp³-hybridized carbons (Fsp3) is 0.500. The van der Waals surface area contributed by atoms with E-state index >= 15 is 0 Å². The zero-order valence-corrected chi connectivity index (χ0v) is 21.8. The average Bonchev–Trinajstić information content (AvgIpc) is 2.79. The maximum absolute atomic E-state index is 5.97. The molecular weight excluding hydrogens is 517 g/mol. The van der Waals surface area contributed by atoms with E-state index in [1.54, 1.807) is 7.11 Å². The quantitative estimate of drug-likeness (QED) is 0.293. The topological polar surface area (TPSA) is 71.0 Å². The lowest BCUT2D eigenvalue weighted by Gasteiger charge is -2.34. The number of piperidine rings is 1. The summed E-state index contributed by atoms with van der Waals surface area (Å²) in [5.41, 5.74) is 1.06. The molecule has 1 aromatic heterocycles. The summed E-state index contributed by atoms with van der Waals surface area (Å²) in [4.78, 5) is 11.8. The first-order valence-corrected chi connectivity index (χ1v) is 11.1. The molecule has 1 aliphatic rings. The number of hydrogen-bond donors (Lipinski definition) is 2. The fourth-order valence-corrected chi connectivity index (χ4v) is 3.61. The minimum absolute atomic E-state index is 0. The maximum Gasteiger partial charge on any atom is 0.191 e. The van der Waals surface area contributed by atoms with Crippen LogP contribution < -0.4 is 25.0 Å². The van der Waals surface area contributed by atoms with E-state index in [2.05, 4.69) is 39.6 Å². The molecule has 0 aliphatic carbocycles. The number of methoxy groups -OCH3 is 1. The standard InChI is InChI=1S/C24H35N5O2.HI/c1-5-25-24(26-17-19(3)31-22-11-9-21(30-4)10-12-22)28-20-13-15-29(16-14-20)23-8-6-7-18(2)27-23;/h6-12,19-20H,5,13-17H2,1-4H3,(H2,25,26,28);1H. The smallest absolute Gasteiger partial charge is 0.191 e. The second kappa shape index (κ2) is 13.3. The lowest BCUT2D eigenvalue weighted by Crippen LogP contribution is -2.49. The second-order valence-corrected chi connectivity index (χ2v) is 7.87. The third-order valence-electron chi connectivity index (χ3n) is 5.28. The minimum Gasteiger partial charge on any atom is -0.497 e. The first-order chi connectivity index (χ1) is 15.1. The van der Waals surface area contributed by atoms with Crippen LogP contribution in [0.5, 0.6) is 11.5 Å². The number of ether oxygens (including phenoxy) is 2. The van der Waals surface area contributed by atoms with Crippen molar-refractivity contribution in [1.82, 2.24) is 15.6 Å². The molecule has 2 heterocycles. The number of guanidine groups is 1. The van der Waals surface area contributed by atoms with E-state index in [1.165, 1.54) is 0 Å². The third-order valence-corrected chi connectivity index (χ3v) is 5.28. The molecule has 1 aromatic carbocycles. The van der Waals surface area contributed by atoms with Crippen molar-refractivity contribution >= 4 is 35.8 Å². The number of aryl methyl sites for hydroxylation is 1. The number of benzene rings is 1. The Balaban J connectivity index is 0.00000363. The van der Waals surface area contributed by atoms with Crippen molar-refractivity contribution in [3.8, 4) is 11.5 Å². The Morgan fingerprint density at radius 3 is 2.47 bits per heavy atom. The molecule has 1 unspecified atom stereocenters. The zero-order valence-electron chi connectivity index (χ0n) is 19.5. The SMILES string of the molecule is CCNC(=NCC(C)Oc1ccc(OC)cc1)NC1CCN(c2cccc(C)n2)CC1.I. The van der Waals surface area contributed by atoms with Gasteiger partial charge in [-0.15, -0.1) is 24.0 Å². The molecule has 2 N–H and O–H groups in total. The van der Waals surface area contributed by atoms with E-state index in [9.17, 15) is 0 Å². The normalized spacial score (nSPS) is 15.5. The number of halogens is 1. The Kier molecular flexibility index (Phi) is 10.9. The van der Waals surface area contributed by atoms with E-state index in [-0.39, 0.29) is 30.1 Å². The van der Waals surface area contributed by atoms with E-state index in [1.807, 2.05) is 44.2 Å². The van der Waals surface area contributed by atoms with Crippen LogP contribution in [0.2, 0.25) is 0 Å². The molecule has 1 aliphatic heterocycles. The largest absolute Gasteiger partial charge is 0.497 e. The Labute approximate surface area is 209 Å². The van der Waals surface area contributed by atoms with Gasteiger partial charge in [0.05, 0.1) is 13.7 Å². The molecule has 8 heteroatoms. The summed E-state index contributed by atoms with van der Waals surface area (Å²) in [5, 5.41) is 6.95. The molecule has 7 nitrogen and oxygen atoms in total. The molecule has 0 spiro atoms. The molecule has 32 heavy (non-hydrogen) atoms. The lowest BCUT2D eigenvalue weighted by molar-refractivity contribution is 0.230. The number of hydrogen-bond acceptors (Lipinski definition) is 5. The van der Waals surface area contributed by atoms with Gasteiger partial charge >= 0.3 is 0 Å².